The summed E-state index contributed by atoms with van der Waals surface area (Å²) in [5.74, 6) is 1.06. The van der Waals surface area contributed by atoms with Crippen LogP contribution >= 0.6 is 0 Å². The Morgan fingerprint density at radius 1 is 0.444 bits per heavy atom. The first-order valence-corrected chi connectivity index (χ1v) is 15.9. The Morgan fingerprint density at radius 2 is 0.806 bits per heavy atom. The summed E-state index contributed by atoms with van der Waals surface area (Å²) in [6.07, 6.45) is 24.6. The highest BCUT2D eigenvalue weighted by atomic mass is 16.5. The van der Waals surface area contributed by atoms with Crippen LogP contribution in [0.2, 0.25) is 0 Å². The Hall–Kier alpha value is -1.06. The van der Waals surface area contributed by atoms with Crippen LogP contribution in [0, 0.1) is 11.8 Å². The molecule has 0 aromatic heterocycles. The highest BCUT2D eigenvalue weighted by Gasteiger charge is 2.12. The Kier molecular flexibility index (Phi) is 26.2. The topological polar surface area (TPSA) is 52.6 Å². The number of carbonyl (C=O) groups excluding carboxylic acids is 2. The van der Waals surface area contributed by atoms with Crippen molar-refractivity contribution >= 4 is 11.9 Å². The van der Waals surface area contributed by atoms with Gasteiger partial charge >= 0.3 is 11.9 Å². The van der Waals surface area contributed by atoms with Gasteiger partial charge in [0.05, 0.1) is 13.2 Å². The van der Waals surface area contributed by atoms with Crippen molar-refractivity contribution in [3.63, 3.8) is 0 Å². The van der Waals surface area contributed by atoms with E-state index in [1.54, 1.807) is 0 Å². The molecule has 214 valence electrons. The molecule has 0 N–H and O–H groups in total. The third-order valence-electron chi connectivity index (χ3n) is 7.30. The van der Waals surface area contributed by atoms with Crippen molar-refractivity contribution < 1.29 is 19.1 Å². The third-order valence-corrected chi connectivity index (χ3v) is 7.30. The monoisotopic (exact) mass is 510 g/mol. The standard InChI is InChI=1S/C32H62O4/c1-5-9-17-23-29(21-7-3)27-35-31(33)25-19-15-13-11-12-14-16-20-26-32(34)36-28-30(22-8-4)24-18-10-6-2/h29-30H,5-28H2,1-4H3. The molecule has 36 heavy (non-hydrogen) atoms. The zero-order valence-electron chi connectivity index (χ0n) is 24.8. The van der Waals surface area contributed by atoms with Gasteiger partial charge in [0.1, 0.15) is 0 Å². The molecule has 2 unspecified atom stereocenters. The van der Waals surface area contributed by atoms with Gasteiger partial charge in [-0.25, -0.2) is 0 Å². The lowest BCUT2D eigenvalue weighted by Crippen LogP contribution is -2.14. The van der Waals surface area contributed by atoms with Crippen molar-refractivity contribution in [1.29, 1.82) is 0 Å². The van der Waals surface area contributed by atoms with Gasteiger partial charge in [-0.05, 0) is 50.4 Å². The molecule has 0 spiro atoms. The molecule has 4 heteroatoms. The third kappa shape index (κ3) is 23.3. The van der Waals surface area contributed by atoms with E-state index in [4.69, 9.17) is 9.47 Å². The second-order valence-electron chi connectivity index (χ2n) is 11.0. The van der Waals surface area contributed by atoms with Crippen LogP contribution in [0.4, 0.5) is 0 Å². The fourth-order valence-corrected chi connectivity index (χ4v) is 4.97. The highest BCUT2D eigenvalue weighted by molar-refractivity contribution is 5.69. The normalized spacial score (nSPS) is 12.9. The lowest BCUT2D eigenvalue weighted by atomic mass is 9.97. The molecule has 0 aromatic rings. The molecule has 2 atom stereocenters. The van der Waals surface area contributed by atoms with Crippen molar-refractivity contribution in [2.75, 3.05) is 13.2 Å². The van der Waals surface area contributed by atoms with E-state index < -0.39 is 0 Å². The smallest absolute Gasteiger partial charge is 0.305 e. The van der Waals surface area contributed by atoms with E-state index in [0.717, 1.165) is 51.4 Å². The first-order valence-electron chi connectivity index (χ1n) is 15.9. The predicted octanol–water partition coefficient (Wildman–Crippen LogP) is 9.97. The summed E-state index contributed by atoms with van der Waals surface area (Å²) in [5.41, 5.74) is 0. The molecule has 0 amide bonds. The van der Waals surface area contributed by atoms with Crippen LogP contribution < -0.4 is 0 Å². The summed E-state index contributed by atoms with van der Waals surface area (Å²) < 4.78 is 11.1. The molecule has 0 heterocycles. The van der Waals surface area contributed by atoms with Gasteiger partial charge in [0.2, 0.25) is 0 Å². The average molecular weight is 511 g/mol. The molecule has 0 fully saturated rings. The Balaban J connectivity index is 3.62. The van der Waals surface area contributed by atoms with Crippen molar-refractivity contribution in [2.24, 2.45) is 11.8 Å². The zero-order valence-corrected chi connectivity index (χ0v) is 24.8. The summed E-state index contributed by atoms with van der Waals surface area (Å²) in [5, 5.41) is 0. The first-order chi connectivity index (χ1) is 17.6. The number of ether oxygens (including phenoxy) is 2. The van der Waals surface area contributed by atoms with Crippen LogP contribution in [0.15, 0.2) is 0 Å². The van der Waals surface area contributed by atoms with E-state index >= 15 is 0 Å². The molecule has 0 rings (SSSR count). The summed E-state index contributed by atoms with van der Waals surface area (Å²) in [4.78, 5) is 24.1. The van der Waals surface area contributed by atoms with E-state index in [1.165, 1.54) is 77.0 Å². The summed E-state index contributed by atoms with van der Waals surface area (Å²) >= 11 is 0. The molecule has 0 aliphatic carbocycles. The van der Waals surface area contributed by atoms with Crippen LogP contribution in [-0.4, -0.2) is 25.2 Å². The largest absolute Gasteiger partial charge is 0.465 e. The van der Waals surface area contributed by atoms with Crippen LogP contribution in [0.3, 0.4) is 0 Å². The van der Waals surface area contributed by atoms with Gasteiger partial charge in [0.25, 0.3) is 0 Å². The number of hydrogen-bond donors (Lipinski definition) is 0. The van der Waals surface area contributed by atoms with Crippen LogP contribution in [0.5, 0.6) is 0 Å². The van der Waals surface area contributed by atoms with E-state index in [0.29, 0.717) is 37.9 Å². The fourth-order valence-electron chi connectivity index (χ4n) is 4.97. The Bertz CT molecular complexity index is 447. The predicted molar refractivity (Wildman–Crippen MR) is 153 cm³/mol. The van der Waals surface area contributed by atoms with Gasteiger partial charge in [-0.1, -0.05) is 118 Å². The summed E-state index contributed by atoms with van der Waals surface area (Å²) in [7, 11) is 0. The minimum atomic E-state index is -0.0135. The van der Waals surface area contributed by atoms with Crippen molar-refractivity contribution in [3.05, 3.63) is 0 Å². The number of carbonyl (C=O) groups is 2. The van der Waals surface area contributed by atoms with Gasteiger partial charge in [0, 0.05) is 12.8 Å². The van der Waals surface area contributed by atoms with Gasteiger partial charge in [-0.15, -0.1) is 0 Å². The minimum Gasteiger partial charge on any atom is -0.465 e. The van der Waals surface area contributed by atoms with E-state index in [2.05, 4.69) is 27.7 Å². The first kappa shape index (κ1) is 34.9. The maximum absolute atomic E-state index is 12.1. The van der Waals surface area contributed by atoms with Crippen molar-refractivity contribution in [3.8, 4) is 0 Å². The Morgan fingerprint density at radius 3 is 1.14 bits per heavy atom. The molecule has 0 aromatic carbocycles. The molecule has 0 bridgehead atoms. The molecule has 0 radical (unpaired) electrons. The van der Waals surface area contributed by atoms with Crippen molar-refractivity contribution in [2.45, 2.75) is 169 Å². The molecule has 0 saturated carbocycles. The van der Waals surface area contributed by atoms with Gasteiger partial charge < -0.3 is 9.47 Å². The molecule has 0 aliphatic rings. The van der Waals surface area contributed by atoms with Crippen LogP contribution in [-0.2, 0) is 19.1 Å². The van der Waals surface area contributed by atoms with E-state index in [1.807, 2.05) is 0 Å². The highest BCUT2D eigenvalue weighted by Crippen LogP contribution is 2.18. The van der Waals surface area contributed by atoms with Gasteiger partial charge in [0.15, 0.2) is 0 Å². The second kappa shape index (κ2) is 27.0. The molecular formula is C32H62O4. The van der Waals surface area contributed by atoms with Gasteiger partial charge in [-0.2, -0.15) is 0 Å². The van der Waals surface area contributed by atoms with Crippen LogP contribution in [0.1, 0.15) is 169 Å². The Labute approximate surface area is 225 Å². The zero-order chi connectivity index (χ0) is 26.7. The maximum Gasteiger partial charge on any atom is 0.305 e. The molecule has 0 aliphatic heterocycles. The number of esters is 2. The molecular weight excluding hydrogens is 448 g/mol. The lowest BCUT2D eigenvalue weighted by Gasteiger charge is -2.16. The molecule has 4 nitrogen and oxygen atoms in total. The van der Waals surface area contributed by atoms with Crippen molar-refractivity contribution in [1.82, 2.24) is 0 Å². The molecule has 0 saturated heterocycles. The number of hydrogen-bond acceptors (Lipinski definition) is 4. The SMILES string of the molecule is CCCCCC(CCC)COC(=O)CCCCCCCCCCC(=O)OCC(CCC)CCCCC. The fraction of sp³-hybridized carbons (Fsp3) is 0.938. The number of unbranched alkanes of at least 4 members (excludes halogenated alkanes) is 11. The lowest BCUT2D eigenvalue weighted by molar-refractivity contribution is -0.146. The number of rotatable bonds is 27. The average Bonchev–Trinajstić information content (AvgIpc) is 2.87. The van der Waals surface area contributed by atoms with Gasteiger partial charge in [-0.3, -0.25) is 9.59 Å². The summed E-state index contributed by atoms with van der Waals surface area (Å²) in [6.45, 7) is 10.1. The quantitative estimate of drug-likeness (QED) is 0.0814. The maximum atomic E-state index is 12.1. The van der Waals surface area contributed by atoms with Crippen LogP contribution in [0.25, 0.3) is 0 Å². The van der Waals surface area contributed by atoms with E-state index in [-0.39, 0.29) is 11.9 Å². The minimum absolute atomic E-state index is 0.0135. The van der Waals surface area contributed by atoms with E-state index in [9.17, 15) is 9.59 Å². The second-order valence-corrected chi connectivity index (χ2v) is 11.0. The summed E-state index contributed by atoms with van der Waals surface area (Å²) in [6, 6.07) is 0.